The predicted molar refractivity (Wildman–Crippen MR) is 84.3 cm³/mol. The first-order valence-corrected chi connectivity index (χ1v) is 7.90. The zero-order valence-corrected chi connectivity index (χ0v) is 13.7. The Labute approximate surface area is 135 Å². The molecule has 0 bridgehead atoms. The number of aromatic hydroxyl groups is 1. The molecule has 1 aliphatic heterocycles. The molecule has 0 spiro atoms. The van der Waals surface area contributed by atoms with Gasteiger partial charge in [0.1, 0.15) is 12.0 Å². The zero-order chi connectivity index (χ0) is 16.8. The lowest BCUT2D eigenvalue weighted by Gasteiger charge is -2.21. The molecule has 0 aliphatic carbocycles. The second kappa shape index (κ2) is 8.01. The standard InChI is InChI=1S/C16H24N2O5/c1-12(2)10-23-16(21)18-5-3-4-17(6-7-18)9-13-8-14(19)15(20)11-22-13/h8,11-12,20H,3-7,9-10H2,1-2H3. The summed E-state index contributed by atoms with van der Waals surface area (Å²) in [7, 11) is 0. The summed E-state index contributed by atoms with van der Waals surface area (Å²) in [5.41, 5.74) is -0.444. The summed E-state index contributed by atoms with van der Waals surface area (Å²) < 4.78 is 10.5. The Morgan fingerprint density at radius 2 is 2.13 bits per heavy atom. The number of carbonyl (C=O) groups is 1. The molecule has 0 atom stereocenters. The van der Waals surface area contributed by atoms with Gasteiger partial charge in [-0.25, -0.2) is 4.79 Å². The lowest BCUT2D eigenvalue weighted by Crippen LogP contribution is -2.36. The minimum absolute atomic E-state index is 0.267. The molecule has 23 heavy (non-hydrogen) atoms. The van der Waals surface area contributed by atoms with Crippen molar-refractivity contribution in [1.29, 1.82) is 0 Å². The molecule has 7 heteroatoms. The van der Waals surface area contributed by atoms with Crippen molar-refractivity contribution in [2.24, 2.45) is 5.92 Å². The van der Waals surface area contributed by atoms with Crippen LogP contribution in [0.2, 0.25) is 0 Å². The fourth-order valence-corrected chi connectivity index (χ4v) is 2.39. The van der Waals surface area contributed by atoms with Gasteiger partial charge in [-0.1, -0.05) is 13.8 Å². The summed E-state index contributed by atoms with van der Waals surface area (Å²) in [6.45, 7) is 7.64. The van der Waals surface area contributed by atoms with Crippen LogP contribution in [0.3, 0.4) is 0 Å². The fourth-order valence-electron chi connectivity index (χ4n) is 2.39. The van der Waals surface area contributed by atoms with Crippen LogP contribution >= 0.6 is 0 Å². The highest BCUT2D eigenvalue weighted by Crippen LogP contribution is 2.11. The number of amides is 1. The summed E-state index contributed by atoms with van der Waals surface area (Å²) in [5.74, 6) is 0.437. The normalized spacial score (nSPS) is 16.4. The molecule has 1 fully saturated rings. The Morgan fingerprint density at radius 1 is 1.35 bits per heavy atom. The second-order valence-corrected chi connectivity index (χ2v) is 6.18. The van der Waals surface area contributed by atoms with Crippen LogP contribution in [0.5, 0.6) is 5.75 Å². The maximum Gasteiger partial charge on any atom is 0.409 e. The average molecular weight is 324 g/mol. The van der Waals surface area contributed by atoms with E-state index in [-0.39, 0.29) is 11.8 Å². The molecule has 1 aliphatic rings. The van der Waals surface area contributed by atoms with Crippen molar-refractivity contribution in [3.05, 3.63) is 28.3 Å². The highest BCUT2D eigenvalue weighted by atomic mass is 16.6. The van der Waals surface area contributed by atoms with E-state index in [1.54, 1.807) is 4.90 Å². The number of hydrogen-bond acceptors (Lipinski definition) is 6. The maximum atomic E-state index is 12.0. The van der Waals surface area contributed by atoms with Gasteiger partial charge in [0.2, 0.25) is 5.43 Å². The molecule has 1 N–H and O–H groups in total. The van der Waals surface area contributed by atoms with E-state index >= 15 is 0 Å². The number of hydrogen-bond donors (Lipinski definition) is 1. The van der Waals surface area contributed by atoms with E-state index in [9.17, 15) is 14.7 Å². The molecule has 0 unspecified atom stereocenters. The lowest BCUT2D eigenvalue weighted by atomic mass is 10.2. The van der Waals surface area contributed by atoms with Crippen molar-refractivity contribution < 1.29 is 19.1 Å². The minimum Gasteiger partial charge on any atom is -0.502 e. The Balaban J connectivity index is 1.87. The van der Waals surface area contributed by atoms with Crippen molar-refractivity contribution in [1.82, 2.24) is 9.80 Å². The third-order valence-corrected chi connectivity index (χ3v) is 3.63. The van der Waals surface area contributed by atoms with Gasteiger partial charge in [-0.15, -0.1) is 0 Å². The van der Waals surface area contributed by atoms with Crippen LogP contribution in [-0.4, -0.2) is 53.8 Å². The number of nitrogens with zero attached hydrogens (tertiary/aromatic N) is 2. The Bertz CT molecular complexity index is 584. The van der Waals surface area contributed by atoms with Crippen LogP contribution < -0.4 is 5.43 Å². The first kappa shape index (κ1) is 17.3. The minimum atomic E-state index is -0.444. The van der Waals surface area contributed by atoms with Gasteiger partial charge in [0.05, 0.1) is 13.2 Å². The molecule has 1 aromatic heterocycles. The molecular weight excluding hydrogens is 300 g/mol. The van der Waals surface area contributed by atoms with Gasteiger partial charge in [0.25, 0.3) is 0 Å². The lowest BCUT2D eigenvalue weighted by molar-refractivity contribution is 0.0929. The van der Waals surface area contributed by atoms with Crippen LogP contribution in [0.1, 0.15) is 26.0 Å². The number of carbonyl (C=O) groups excluding carboxylic acids is 1. The molecule has 1 amide bonds. The van der Waals surface area contributed by atoms with E-state index in [1.807, 2.05) is 13.8 Å². The van der Waals surface area contributed by atoms with E-state index in [0.717, 1.165) is 19.2 Å². The second-order valence-electron chi connectivity index (χ2n) is 6.18. The first-order chi connectivity index (χ1) is 11.0. The Kier molecular flexibility index (Phi) is 6.04. The van der Waals surface area contributed by atoms with E-state index in [0.29, 0.717) is 44.5 Å². The summed E-state index contributed by atoms with van der Waals surface area (Å²) in [6.07, 6.45) is 1.63. The molecule has 2 rings (SSSR count). The monoisotopic (exact) mass is 324 g/mol. The zero-order valence-electron chi connectivity index (χ0n) is 13.7. The van der Waals surface area contributed by atoms with Gasteiger partial charge in [0.15, 0.2) is 5.75 Å². The predicted octanol–water partition coefficient (Wildman–Crippen LogP) is 1.65. The van der Waals surface area contributed by atoms with Crippen LogP contribution in [0.15, 0.2) is 21.5 Å². The van der Waals surface area contributed by atoms with E-state index < -0.39 is 5.43 Å². The van der Waals surface area contributed by atoms with Crippen molar-refractivity contribution in [3.63, 3.8) is 0 Å². The third kappa shape index (κ3) is 5.28. The van der Waals surface area contributed by atoms with Crippen molar-refractivity contribution in [2.75, 3.05) is 32.8 Å². The van der Waals surface area contributed by atoms with Crippen molar-refractivity contribution in [2.45, 2.75) is 26.8 Å². The summed E-state index contributed by atoms with van der Waals surface area (Å²) in [6, 6.07) is 1.30. The first-order valence-electron chi connectivity index (χ1n) is 7.90. The van der Waals surface area contributed by atoms with Gasteiger partial charge in [-0.3, -0.25) is 9.69 Å². The van der Waals surface area contributed by atoms with Gasteiger partial charge in [-0.2, -0.15) is 0 Å². The maximum absolute atomic E-state index is 12.0. The fraction of sp³-hybridized carbons (Fsp3) is 0.625. The van der Waals surface area contributed by atoms with Gasteiger partial charge >= 0.3 is 6.09 Å². The molecule has 2 heterocycles. The molecule has 1 saturated heterocycles. The van der Waals surface area contributed by atoms with E-state index in [2.05, 4.69) is 4.90 Å². The number of ether oxygens (including phenoxy) is 1. The summed E-state index contributed by atoms with van der Waals surface area (Å²) in [5, 5.41) is 9.20. The molecule has 0 saturated carbocycles. The Morgan fingerprint density at radius 3 is 2.83 bits per heavy atom. The highest BCUT2D eigenvalue weighted by Gasteiger charge is 2.21. The molecule has 7 nitrogen and oxygen atoms in total. The van der Waals surface area contributed by atoms with Crippen LogP contribution in [0.4, 0.5) is 4.79 Å². The van der Waals surface area contributed by atoms with Crippen LogP contribution in [0, 0.1) is 5.92 Å². The third-order valence-electron chi connectivity index (χ3n) is 3.63. The van der Waals surface area contributed by atoms with E-state index in [1.165, 1.54) is 6.07 Å². The molecular formula is C16H24N2O5. The average Bonchev–Trinajstić information content (AvgIpc) is 2.74. The Hall–Kier alpha value is -2.02. The van der Waals surface area contributed by atoms with Gasteiger partial charge < -0.3 is 19.2 Å². The molecule has 128 valence electrons. The summed E-state index contributed by atoms with van der Waals surface area (Å²) in [4.78, 5) is 27.3. The molecule has 0 aromatic carbocycles. The number of rotatable bonds is 4. The van der Waals surface area contributed by atoms with Crippen LogP contribution in [0.25, 0.3) is 0 Å². The topological polar surface area (TPSA) is 83.2 Å². The highest BCUT2D eigenvalue weighted by molar-refractivity contribution is 5.67. The van der Waals surface area contributed by atoms with E-state index in [4.69, 9.17) is 9.15 Å². The molecule has 0 radical (unpaired) electrons. The van der Waals surface area contributed by atoms with Crippen molar-refractivity contribution in [3.8, 4) is 5.75 Å². The quantitative estimate of drug-likeness (QED) is 0.906. The van der Waals surface area contributed by atoms with Gasteiger partial charge in [-0.05, 0) is 12.3 Å². The summed E-state index contributed by atoms with van der Waals surface area (Å²) >= 11 is 0. The smallest absolute Gasteiger partial charge is 0.409 e. The van der Waals surface area contributed by atoms with Gasteiger partial charge in [0, 0.05) is 32.2 Å². The van der Waals surface area contributed by atoms with Crippen LogP contribution in [-0.2, 0) is 11.3 Å². The molecule has 1 aromatic rings. The largest absolute Gasteiger partial charge is 0.502 e. The van der Waals surface area contributed by atoms with Crippen molar-refractivity contribution >= 4 is 6.09 Å². The SMILES string of the molecule is CC(C)COC(=O)N1CCCN(Cc2cc(=O)c(O)co2)CC1.